The smallest absolute Gasteiger partial charge is 0.362 e. The zero-order valence-electron chi connectivity index (χ0n) is 38.5. The van der Waals surface area contributed by atoms with E-state index >= 15 is 0 Å². The Hall–Kier alpha value is -2.45. The average molecular weight is 819 g/mol. The molecule has 2 atom stereocenters. The van der Waals surface area contributed by atoms with Crippen molar-refractivity contribution in [1.82, 2.24) is 0 Å². The second kappa shape index (κ2) is 41.3. The van der Waals surface area contributed by atoms with E-state index in [1.165, 1.54) is 135 Å². The highest BCUT2D eigenvalue weighted by molar-refractivity contribution is 5.72. The van der Waals surface area contributed by atoms with E-state index in [9.17, 15) is 19.5 Å². The van der Waals surface area contributed by atoms with Gasteiger partial charge in [0.2, 0.25) is 0 Å². The summed E-state index contributed by atoms with van der Waals surface area (Å²) in [6.45, 7) is 4.70. The lowest BCUT2D eigenvalue weighted by Crippen LogP contribution is -2.50. The molecule has 0 spiro atoms. The van der Waals surface area contributed by atoms with E-state index in [0.29, 0.717) is 19.3 Å². The number of quaternary nitrogens is 1. The number of likely N-dealkylation sites (N-methyl/N-ethyl adjacent to an activating group) is 1. The van der Waals surface area contributed by atoms with Gasteiger partial charge in [0.25, 0.3) is 0 Å². The monoisotopic (exact) mass is 819 g/mol. The van der Waals surface area contributed by atoms with Gasteiger partial charge >= 0.3 is 17.9 Å². The second-order valence-corrected chi connectivity index (χ2v) is 17.4. The van der Waals surface area contributed by atoms with Crippen LogP contribution in [-0.2, 0) is 28.6 Å². The Bertz CT molecular complexity index is 1050. The molecule has 0 aliphatic heterocycles. The summed E-state index contributed by atoms with van der Waals surface area (Å²) in [5, 5.41) is 9.63. The highest BCUT2D eigenvalue weighted by Gasteiger charge is 2.31. The highest BCUT2D eigenvalue weighted by Crippen LogP contribution is 2.15. The van der Waals surface area contributed by atoms with Crippen LogP contribution >= 0.6 is 0 Å². The Balaban J connectivity index is 4.35. The third-order valence-electron chi connectivity index (χ3n) is 10.8. The Kier molecular flexibility index (Phi) is 39.5. The first-order chi connectivity index (χ1) is 28.1. The van der Waals surface area contributed by atoms with Crippen molar-refractivity contribution < 1.29 is 38.2 Å². The van der Waals surface area contributed by atoms with Gasteiger partial charge < -0.3 is 23.8 Å². The van der Waals surface area contributed by atoms with Crippen molar-refractivity contribution in [3.8, 4) is 0 Å². The molecule has 8 heteroatoms. The number of hydrogen-bond acceptors (Lipinski definition) is 6. The summed E-state index contributed by atoms with van der Waals surface area (Å²) in [5.74, 6) is -1.52. The largest absolute Gasteiger partial charge is 0.477 e. The van der Waals surface area contributed by atoms with Crippen LogP contribution in [0.3, 0.4) is 0 Å². The molecule has 0 aromatic heterocycles. The normalized spacial score (nSPS) is 13.2. The number of nitrogens with zero attached hydrogens (tertiary/aromatic N) is 1. The molecule has 58 heavy (non-hydrogen) atoms. The Morgan fingerprint density at radius 2 is 0.931 bits per heavy atom. The molecule has 0 rings (SSSR count). The third kappa shape index (κ3) is 39.0. The van der Waals surface area contributed by atoms with E-state index < -0.39 is 18.1 Å². The molecule has 338 valence electrons. The van der Waals surface area contributed by atoms with Gasteiger partial charge in [-0.1, -0.05) is 185 Å². The number of esters is 2. The predicted octanol–water partition coefficient (Wildman–Crippen LogP) is 13.4. The number of aliphatic carboxylic acids is 1. The molecule has 0 aromatic carbocycles. The first-order valence-corrected chi connectivity index (χ1v) is 24.0. The van der Waals surface area contributed by atoms with E-state index in [4.69, 9.17) is 14.2 Å². The highest BCUT2D eigenvalue weighted by atomic mass is 16.6. The van der Waals surface area contributed by atoms with E-state index in [2.05, 4.69) is 50.3 Å². The molecular formula is C50H92NO7+. The summed E-state index contributed by atoms with van der Waals surface area (Å²) in [4.78, 5) is 37.0. The molecule has 0 heterocycles. The molecular weight excluding hydrogens is 727 g/mol. The van der Waals surface area contributed by atoms with Crippen molar-refractivity contribution in [3.05, 3.63) is 36.5 Å². The van der Waals surface area contributed by atoms with Crippen LogP contribution < -0.4 is 0 Å². The summed E-state index contributed by atoms with van der Waals surface area (Å²) in [7, 11) is 5.52. The molecule has 0 bridgehead atoms. The number of carbonyl (C=O) groups excluding carboxylic acids is 2. The lowest BCUT2D eigenvalue weighted by molar-refractivity contribution is -0.887. The Morgan fingerprint density at radius 1 is 0.517 bits per heavy atom. The van der Waals surface area contributed by atoms with Gasteiger partial charge in [0.05, 0.1) is 34.4 Å². The van der Waals surface area contributed by atoms with Crippen LogP contribution in [0, 0.1) is 0 Å². The molecule has 0 saturated heterocycles. The minimum absolute atomic E-state index is 0.0483. The van der Waals surface area contributed by atoms with E-state index in [1.54, 1.807) is 0 Å². The predicted molar refractivity (Wildman–Crippen MR) is 243 cm³/mol. The van der Waals surface area contributed by atoms with Crippen molar-refractivity contribution in [2.24, 2.45) is 0 Å². The SMILES string of the molecule is CCCCCCCC/C=C/C/C=C/C/C=C/CCCC(=O)OCC(COCCC(C(=O)O)[N+](C)(C)C)OC(=O)CCCCCCCCCCCCCCCCCCC. The second-order valence-electron chi connectivity index (χ2n) is 17.4. The standard InChI is InChI=1S/C50H91NO7/c1-6-8-10-12-14-16-18-20-22-24-26-28-30-32-34-36-38-40-48(52)57-45-46(44-56-43-42-47(50(54)55)51(3,4)5)58-49(53)41-39-37-35-33-31-29-27-25-23-21-19-17-15-13-11-9-7-2/h20,22,26,28,32,34,46-47H,6-19,21,23-25,27,29-31,33,35-45H2,1-5H3/p+1/b22-20+,28-26+,34-32+. The number of ether oxygens (including phenoxy) is 3. The van der Waals surface area contributed by atoms with Gasteiger partial charge in [-0.2, -0.15) is 0 Å². The number of hydrogen-bond donors (Lipinski definition) is 1. The van der Waals surface area contributed by atoms with Gasteiger partial charge in [-0.3, -0.25) is 9.59 Å². The van der Waals surface area contributed by atoms with Gasteiger partial charge in [-0.15, -0.1) is 0 Å². The molecule has 1 N–H and O–H groups in total. The number of unbranched alkanes of at least 4 members (excludes halogenated alkanes) is 23. The average Bonchev–Trinajstić information content (AvgIpc) is 3.18. The summed E-state index contributed by atoms with van der Waals surface area (Å²) in [6, 6.07) is -0.620. The molecule has 2 unspecified atom stereocenters. The van der Waals surface area contributed by atoms with Crippen LogP contribution in [0.4, 0.5) is 0 Å². The third-order valence-corrected chi connectivity index (χ3v) is 10.8. The maximum absolute atomic E-state index is 12.8. The first kappa shape index (κ1) is 55.5. The lowest BCUT2D eigenvalue weighted by Gasteiger charge is -2.31. The summed E-state index contributed by atoms with van der Waals surface area (Å²) in [5.41, 5.74) is 0. The number of carboxylic acid groups (broad SMARTS) is 1. The van der Waals surface area contributed by atoms with Gasteiger partial charge in [-0.05, 0) is 44.9 Å². The summed E-state index contributed by atoms with van der Waals surface area (Å²) >= 11 is 0. The molecule has 0 aliphatic carbocycles. The van der Waals surface area contributed by atoms with Gasteiger partial charge in [-0.25, -0.2) is 4.79 Å². The van der Waals surface area contributed by atoms with Gasteiger partial charge in [0, 0.05) is 19.3 Å². The van der Waals surface area contributed by atoms with Crippen molar-refractivity contribution in [2.75, 3.05) is 41.0 Å². The van der Waals surface area contributed by atoms with E-state index in [-0.39, 0.29) is 42.7 Å². The number of carboxylic acids is 1. The van der Waals surface area contributed by atoms with Crippen molar-refractivity contribution in [2.45, 2.75) is 225 Å². The fourth-order valence-electron chi connectivity index (χ4n) is 7.05. The summed E-state index contributed by atoms with van der Waals surface area (Å²) in [6.07, 6.45) is 47.7. The van der Waals surface area contributed by atoms with Crippen molar-refractivity contribution in [3.63, 3.8) is 0 Å². The van der Waals surface area contributed by atoms with E-state index in [1.807, 2.05) is 21.1 Å². The van der Waals surface area contributed by atoms with Crippen LogP contribution in [-0.4, -0.2) is 80.6 Å². The van der Waals surface area contributed by atoms with Crippen LogP contribution in [0.5, 0.6) is 0 Å². The number of allylic oxidation sites excluding steroid dienone is 6. The molecule has 0 aliphatic rings. The Morgan fingerprint density at radius 3 is 1.40 bits per heavy atom. The first-order valence-electron chi connectivity index (χ1n) is 24.0. The summed E-state index contributed by atoms with van der Waals surface area (Å²) < 4.78 is 17.3. The molecule has 0 fully saturated rings. The molecule has 0 aromatic rings. The minimum atomic E-state index is -0.879. The maximum atomic E-state index is 12.8. The number of rotatable bonds is 43. The minimum Gasteiger partial charge on any atom is -0.477 e. The fraction of sp³-hybridized carbons (Fsp3) is 0.820. The van der Waals surface area contributed by atoms with Crippen molar-refractivity contribution >= 4 is 17.9 Å². The maximum Gasteiger partial charge on any atom is 0.362 e. The van der Waals surface area contributed by atoms with Gasteiger partial charge in [0.15, 0.2) is 12.1 Å². The Labute approximate surface area is 357 Å². The lowest BCUT2D eigenvalue weighted by atomic mass is 10.0. The van der Waals surface area contributed by atoms with Crippen LogP contribution in [0.1, 0.15) is 213 Å². The van der Waals surface area contributed by atoms with Gasteiger partial charge in [0.1, 0.15) is 6.61 Å². The zero-order valence-corrected chi connectivity index (χ0v) is 38.5. The van der Waals surface area contributed by atoms with E-state index in [0.717, 1.165) is 38.5 Å². The topological polar surface area (TPSA) is 99.1 Å². The molecule has 0 radical (unpaired) electrons. The molecule has 8 nitrogen and oxygen atoms in total. The molecule has 0 saturated carbocycles. The molecule has 0 amide bonds. The quantitative estimate of drug-likeness (QED) is 0.0283. The van der Waals surface area contributed by atoms with Crippen LogP contribution in [0.2, 0.25) is 0 Å². The van der Waals surface area contributed by atoms with Crippen LogP contribution in [0.15, 0.2) is 36.5 Å². The van der Waals surface area contributed by atoms with Crippen LogP contribution in [0.25, 0.3) is 0 Å². The zero-order chi connectivity index (χ0) is 42.8. The van der Waals surface area contributed by atoms with Crippen molar-refractivity contribution in [1.29, 1.82) is 0 Å². The fourth-order valence-corrected chi connectivity index (χ4v) is 7.05. The number of carbonyl (C=O) groups is 3.